The zero-order valence-corrected chi connectivity index (χ0v) is 25.2. The van der Waals surface area contributed by atoms with Gasteiger partial charge < -0.3 is 24.3 Å². The molecular formula is C31H37N7O5. The lowest BCUT2D eigenvalue weighted by atomic mass is 10.1. The van der Waals surface area contributed by atoms with Gasteiger partial charge in [-0.3, -0.25) is 9.58 Å². The summed E-state index contributed by atoms with van der Waals surface area (Å²) in [5.74, 6) is 2.08. The van der Waals surface area contributed by atoms with E-state index in [-0.39, 0.29) is 0 Å². The van der Waals surface area contributed by atoms with Crippen LogP contribution in [0, 0.1) is 20.8 Å². The highest BCUT2D eigenvalue weighted by Gasteiger charge is 2.27. The Bertz CT molecular complexity index is 1550. The maximum atomic E-state index is 13.9. The molecule has 4 aromatic rings. The lowest BCUT2D eigenvalue weighted by Crippen LogP contribution is -2.38. The Labute approximate surface area is 251 Å². The number of carbonyl (C=O) groups excluding carboxylic acids is 1. The lowest BCUT2D eigenvalue weighted by Gasteiger charge is -2.26. The molecule has 0 atom stereocenters. The van der Waals surface area contributed by atoms with E-state index in [9.17, 15) is 4.79 Å². The van der Waals surface area contributed by atoms with Gasteiger partial charge >= 0.3 is 6.09 Å². The molecule has 12 nitrogen and oxygen atoms in total. The van der Waals surface area contributed by atoms with Gasteiger partial charge in [0.25, 0.3) is 0 Å². The van der Waals surface area contributed by atoms with Crippen molar-refractivity contribution in [1.29, 1.82) is 0 Å². The molecule has 43 heavy (non-hydrogen) atoms. The Morgan fingerprint density at radius 2 is 1.77 bits per heavy atom. The van der Waals surface area contributed by atoms with Gasteiger partial charge in [0.1, 0.15) is 23.1 Å². The van der Waals surface area contributed by atoms with Crippen LogP contribution in [0.4, 0.5) is 27.9 Å². The first-order chi connectivity index (χ1) is 20.8. The number of aryl methyl sites for hydroxylation is 3. The molecule has 2 aromatic heterocycles. The molecule has 5 rings (SSSR count). The van der Waals surface area contributed by atoms with E-state index < -0.39 is 6.09 Å². The molecular weight excluding hydrogens is 550 g/mol. The number of anilines is 4. The number of amides is 1. The number of hydrogen-bond donors (Lipinski definition) is 1. The number of carbonyl (C=O) groups is 1. The topological polar surface area (TPSA) is 116 Å². The van der Waals surface area contributed by atoms with Crippen LogP contribution in [0.1, 0.15) is 16.8 Å². The SMILES string of the molecule is COc1ccc(N(C(=O)Oc2c(C)cccc2C)c2cc(C)nc(Nc3cnn(CCN4CCOCC4)c3)n2)c(OC)c1. The van der Waals surface area contributed by atoms with Gasteiger partial charge in [0.2, 0.25) is 5.95 Å². The third-order valence-electron chi connectivity index (χ3n) is 7.12. The molecule has 0 saturated carbocycles. The first kappa shape index (κ1) is 29.8. The van der Waals surface area contributed by atoms with Crippen molar-refractivity contribution in [3.63, 3.8) is 0 Å². The van der Waals surface area contributed by atoms with E-state index in [2.05, 4.69) is 20.3 Å². The largest absolute Gasteiger partial charge is 0.497 e. The van der Waals surface area contributed by atoms with Crippen molar-refractivity contribution in [1.82, 2.24) is 24.6 Å². The highest BCUT2D eigenvalue weighted by molar-refractivity contribution is 5.98. The third kappa shape index (κ3) is 7.22. The van der Waals surface area contributed by atoms with Crippen LogP contribution in [0.2, 0.25) is 0 Å². The van der Waals surface area contributed by atoms with Crippen molar-refractivity contribution in [2.45, 2.75) is 27.3 Å². The van der Waals surface area contributed by atoms with Gasteiger partial charge in [0.15, 0.2) is 0 Å². The van der Waals surface area contributed by atoms with Gasteiger partial charge in [-0.1, -0.05) is 18.2 Å². The molecule has 2 aromatic carbocycles. The minimum atomic E-state index is -0.652. The van der Waals surface area contributed by atoms with Crippen molar-refractivity contribution in [2.24, 2.45) is 0 Å². The van der Waals surface area contributed by atoms with E-state index in [4.69, 9.17) is 23.9 Å². The summed E-state index contributed by atoms with van der Waals surface area (Å²) >= 11 is 0. The predicted molar refractivity (Wildman–Crippen MR) is 163 cm³/mol. The summed E-state index contributed by atoms with van der Waals surface area (Å²) in [5.41, 5.74) is 3.47. The van der Waals surface area contributed by atoms with Gasteiger partial charge in [-0.15, -0.1) is 0 Å². The number of morpholine rings is 1. The molecule has 12 heteroatoms. The number of aromatic nitrogens is 4. The number of nitrogens with one attached hydrogen (secondary N) is 1. The standard InChI is InChI=1S/C31H37N7O5/c1-21-7-6-8-22(2)29(21)43-31(39)38(26-10-9-25(40-4)18-27(26)41-5)28-17-23(3)33-30(35-28)34-24-19-32-37(20-24)12-11-36-13-15-42-16-14-36/h6-10,17-20H,11-16H2,1-5H3,(H,33,34,35). The van der Waals surface area contributed by atoms with Gasteiger partial charge in [0.05, 0.1) is 51.5 Å². The van der Waals surface area contributed by atoms with Crippen LogP contribution in [0.15, 0.2) is 54.9 Å². The van der Waals surface area contributed by atoms with Gasteiger partial charge in [-0.2, -0.15) is 10.1 Å². The summed E-state index contributed by atoms with van der Waals surface area (Å²) in [4.78, 5) is 26.9. The number of rotatable bonds is 10. The molecule has 1 fully saturated rings. The normalized spacial score (nSPS) is 13.4. The van der Waals surface area contributed by atoms with Gasteiger partial charge in [-0.05, 0) is 44.0 Å². The first-order valence-electron chi connectivity index (χ1n) is 14.1. The molecule has 0 radical (unpaired) electrons. The molecule has 1 amide bonds. The fourth-order valence-electron chi connectivity index (χ4n) is 4.85. The number of ether oxygens (including phenoxy) is 4. The van der Waals surface area contributed by atoms with E-state index >= 15 is 0 Å². The van der Waals surface area contributed by atoms with Crippen LogP contribution >= 0.6 is 0 Å². The molecule has 1 aliphatic rings. The minimum Gasteiger partial charge on any atom is -0.497 e. The summed E-state index contributed by atoms with van der Waals surface area (Å²) in [5, 5.41) is 7.72. The molecule has 1 aliphatic heterocycles. The van der Waals surface area contributed by atoms with E-state index in [0.717, 1.165) is 56.2 Å². The number of benzene rings is 2. The molecule has 3 heterocycles. The zero-order valence-electron chi connectivity index (χ0n) is 25.2. The van der Waals surface area contributed by atoms with Gasteiger partial charge in [0, 0.05) is 43.7 Å². The van der Waals surface area contributed by atoms with Crippen molar-refractivity contribution >= 4 is 29.2 Å². The molecule has 1 saturated heterocycles. The zero-order chi connectivity index (χ0) is 30.3. The smallest absolute Gasteiger partial charge is 0.425 e. The van der Waals surface area contributed by atoms with E-state index in [1.165, 1.54) is 12.0 Å². The van der Waals surface area contributed by atoms with Crippen molar-refractivity contribution in [3.05, 3.63) is 71.7 Å². The summed E-state index contributed by atoms with van der Waals surface area (Å²) in [7, 11) is 3.10. The molecule has 1 N–H and O–H groups in total. The fourth-order valence-corrected chi connectivity index (χ4v) is 4.85. The number of hydrogen-bond acceptors (Lipinski definition) is 10. The second-order valence-electron chi connectivity index (χ2n) is 10.2. The highest BCUT2D eigenvalue weighted by Crippen LogP contribution is 2.37. The number of nitrogens with zero attached hydrogens (tertiary/aromatic N) is 6. The second-order valence-corrected chi connectivity index (χ2v) is 10.2. The van der Waals surface area contributed by atoms with Crippen molar-refractivity contribution in [2.75, 3.05) is 57.3 Å². The third-order valence-corrected chi connectivity index (χ3v) is 7.12. The predicted octanol–water partition coefficient (Wildman–Crippen LogP) is 5.03. The summed E-state index contributed by atoms with van der Waals surface area (Å²) < 4.78 is 24.3. The number of methoxy groups -OCH3 is 2. The minimum absolute atomic E-state index is 0.300. The summed E-state index contributed by atoms with van der Waals surface area (Å²) in [6, 6.07) is 12.6. The summed E-state index contributed by atoms with van der Waals surface area (Å²) in [6.07, 6.45) is 2.98. The van der Waals surface area contributed by atoms with Crippen molar-refractivity contribution < 1.29 is 23.7 Å². The number of para-hydroxylation sites is 1. The molecule has 0 bridgehead atoms. The van der Waals surface area contributed by atoms with E-state index in [1.54, 1.807) is 37.6 Å². The molecule has 226 valence electrons. The molecule has 0 spiro atoms. The van der Waals surface area contributed by atoms with Crippen LogP contribution in [0.3, 0.4) is 0 Å². The molecule has 0 unspecified atom stereocenters. The van der Waals surface area contributed by atoms with Crippen LogP contribution in [-0.4, -0.2) is 77.8 Å². The Hall–Kier alpha value is -4.68. The summed E-state index contributed by atoms with van der Waals surface area (Å²) in [6.45, 7) is 10.6. The quantitative estimate of drug-likeness (QED) is 0.271. The highest BCUT2D eigenvalue weighted by atomic mass is 16.6. The van der Waals surface area contributed by atoms with Crippen LogP contribution in [-0.2, 0) is 11.3 Å². The maximum Gasteiger partial charge on any atom is 0.425 e. The van der Waals surface area contributed by atoms with Crippen LogP contribution in [0.5, 0.6) is 17.2 Å². The van der Waals surface area contributed by atoms with E-state index in [1.807, 2.05) is 49.8 Å². The van der Waals surface area contributed by atoms with Crippen molar-refractivity contribution in [3.8, 4) is 17.2 Å². The monoisotopic (exact) mass is 587 g/mol. The lowest BCUT2D eigenvalue weighted by molar-refractivity contribution is 0.0360. The van der Waals surface area contributed by atoms with Crippen LogP contribution < -0.4 is 24.4 Å². The Kier molecular flexibility index (Phi) is 9.38. The molecule has 0 aliphatic carbocycles. The van der Waals surface area contributed by atoms with E-state index in [0.29, 0.717) is 40.4 Å². The van der Waals surface area contributed by atoms with Crippen LogP contribution in [0.25, 0.3) is 0 Å². The Morgan fingerprint density at radius 3 is 2.49 bits per heavy atom. The Balaban J connectivity index is 1.44. The van der Waals surface area contributed by atoms with Gasteiger partial charge in [-0.25, -0.2) is 14.7 Å². The first-order valence-corrected chi connectivity index (χ1v) is 14.1. The Morgan fingerprint density at radius 1 is 1.00 bits per heavy atom. The fraction of sp³-hybridized carbons (Fsp3) is 0.355. The maximum absolute atomic E-state index is 13.9. The second kappa shape index (κ2) is 13.5. The average molecular weight is 588 g/mol. The average Bonchev–Trinajstić information content (AvgIpc) is 3.45.